The van der Waals surface area contributed by atoms with E-state index in [9.17, 15) is 0 Å². The van der Waals surface area contributed by atoms with E-state index in [2.05, 4.69) is 192 Å². The molecule has 302 valence electrons. The first kappa shape index (κ1) is 35.4. The number of allylic oxidation sites excluding steroid dienone is 3. The zero-order chi connectivity index (χ0) is 41.9. The van der Waals surface area contributed by atoms with Gasteiger partial charge in [0.05, 0.1) is 22.6 Å². The lowest BCUT2D eigenvalue weighted by molar-refractivity contribution is 0.596. The Kier molecular flexibility index (Phi) is 7.54. The van der Waals surface area contributed by atoms with E-state index in [-0.39, 0.29) is 12.0 Å². The van der Waals surface area contributed by atoms with Crippen LogP contribution in [0.4, 0.5) is 11.4 Å². The van der Waals surface area contributed by atoms with Crippen molar-refractivity contribution in [3.8, 4) is 39.5 Å². The maximum absolute atomic E-state index is 6.76. The Balaban J connectivity index is 1.05. The molecule has 2 atom stereocenters. The van der Waals surface area contributed by atoms with Crippen LogP contribution in [0.15, 0.2) is 197 Å². The van der Waals surface area contributed by atoms with Gasteiger partial charge < -0.3 is 18.3 Å². The van der Waals surface area contributed by atoms with Crippen LogP contribution in [-0.4, -0.2) is 20.6 Å². The van der Waals surface area contributed by atoms with E-state index in [0.29, 0.717) is 5.82 Å². The molecular formula is C58H38N4O2. The van der Waals surface area contributed by atoms with Crippen LogP contribution < -0.4 is 4.90 Å². The fourth-order valence-corrected chi connectivity index (χ4v) is 10.7. The van der Waals surface area contributed by atoms with E-state index >= 15 is 0 Å². The van der Waals surface area contributed by atoms with Gasteiger partial charge in [-0.1, -0.05) is 121 Å². The van der Waals surface area contributed by atoms with Crippen molar-refractivity contribution in [2.75, 3.05) is 4.90 Å². The molecule has 0 N–H and O–H groups in total. The number of anilines is 2. The van der Waals surface area contributed by atoms with Crippen molar-refractivity contribution >= 4 is 72.3 Å². The fraction of sp³-hybridized carbons (Fsp3) is 0.0690. The van der Waals surface area contributed by atoms with Crippen LogP contribution in [0.5, 0.6) is 0 Å². The Labute approximate surface area is 368 Å². The minimum absolute atomic E-state index is 0.217. The predicted molar refractivity (Wildman–Crippen MR) is 260 cm³/mol. The highest BCUT2D eigenvalue weighted by molar-refractivity contribution is 6.16. The third-order valence-corrected chi connectivity index (χ3v) is 13.6. The first-order valence-electron chi connectivity index (χ1n) is 22.1. The third-order valence-electron chi connectivity index (χ3n) is 13.6. The summed E-state index contributed by atoms with van der Waals surface area (Å²) in [6.45, 7) is 0. The van der Waals surface area contributed by atoms with Crippen LogP contribution in [0.1, 0.15) is 29.2 Å². The van der Waals surface area contributed by atoms with Gasteiger partial charge in [0, 0.05) is 55.7 Å². The summed E-state index contributed by atoms with van der Waals surface area (Å²) >= 11 is 0. The number of para-hydroxylation sites is 5. The minimum Gasteiger partial charge on any atom is -0.456 e. The summed E-state index contributed by atoms with van der Waals surface area (Å²) in [5.41, 5.74) is 16.2. The molecule has 6 heteroatoms. The van der Waals surface area contributed by atoms with Gasteiger partial charge in [0.25, 0.3) is 0 Å². The van der Waals surface area contributed by atoms with Crippen LogP contribution in [0, 0.1) is 0 Å². The Hall–Kier alpha value is -8.22. The number of hydrogen-bond acceptors (Lipinski definition) is 5. The Morgan fingerprint density at radius 1 is 0.578 bits per heavy atom. The highest BCUT2D eigenvalue weighted by atomic mass is 16.3. The van der Waals surface area contributed by atoms with Crippen molar-refractivity contribution in [3.63, 3.8) is 0 Å². The summed E-state index contributed by atoms with van der Waals surface area (Å²) in [6.07, 6.45) is 15.3. The topological polar surface area (TPSA) is 60.2 Å². The van der Waals surface area contributed by atoms with Gasteiger partial charge in [0.15, 0.2) is 5.82 Å². The number of benzene rings is 7. The lowest BCUT2D eigenvalue weighted by atomic mass is 9.89. The number of nitrogens with zero attached hydrogens (tertiary/aromatic N) is 4. The fourth-order valence-electron chi connectivity index (χ4n) is 10.7. The average Bonchev–Trinajstić information content (AvgIpc) is 4.12. The lowest BCUT2D eigenvalue weighted by Gasteiger charge is -2.28. The second-order valence-corrected chi connectivity index (χ2v) is 17.1. The maximum atomic E-state index is 6.76. The summed E-state index contributed by atoms with van der Waals surface area (Å²) in [6, 6.07) is 56.4. The molecule has 2 unspecified atom stereocenters. The molecule has 0 spiro atoms. The van der Waals surface area contributed by atoms with Crippen molar-refractivity contribution in [2.45, 2.75) is 24.8 Å². The van der Waals surface area contributed by atoms with E-state index in [1.54, 1.807) is 0 Å². The molecule has 0 saturated carbocycles. The second-order valence-electron chi connectivity index (χ2n) is 17.1. The molecule has 14 rings (SSSR count). The largest absolute Gasteiger partial charge is 0.456 e. The lowest BCUT2D eigenvalue weighted by Crippen LogP contribution is -2.28. The zero-order valence-electron chi connectivity index (χ0n) is 34.6. The molecule has 0 amide bonds. The quantitative estimate of drug-likeness (QED) is 0.173. The van der Waals surface area contributed by atoms with Crippen molar-refractivity contribution in [1.29, 1.82) is 0 Å². The van der Waals surface area contributed by atoms with Crippen molar-refractivity contribution in [2.24, 2.45) is 0 Å². The Morgan fingerprint density at radius 2 is 1.31 bits per heavy atom. The molecule has 6 nitrogen and oxygen atoms in total. The van der Waals surface area contributed by atoms with Crippen LogP contribution in [0.2, 0.25) is 0 Å². The van der Waals surface area contributed by atoms with Crippen LogP contribution in [0.3, 0.4) is 0 Å². The molecule has 3 aliphatic rings. The number of furan rings is 2. The maximum Gasteiger partial charge on any atom is 0.164 e. The van der Waals surface area contributed by atoms with Gasteiger partial charge in [-0.3, -0.25) is 0 Å². The number of aryl methyl sites for hydroxylation is 1. The van der Waals surface area contributed by atoms with Gasteiger partial charge in [-0.25, -0.2) is 9.97 Å². The normalized spacial score (nSPS) is 16.4. The zero-order valence-corrected chi connectivity index (χ0v) is 34.6. The summed E-state index contributed by atoms with van der Waals surface area (Å²) in [7, 11) is 0. The molecular weight excluding hydrogens is 785 g/mol. The first-order valence-corrected chi connectivity index (χ1v) is 22.1. The standard InChI is InChI=1S/C58H38N4O2/c1-3-15-37(16-4-1)61-48-26-10-7-19-39(48)46-33-35(29-31-49(46)61)36-30-32-50-47(34-36)54-55(62(50)38-17-5-2-6-18-38)53(44-24-13-22-42-40-20-8-11-27-51(40)63-56(42)44)59-58(60-54)45-25-14-23-43-41-21-9-12-28-52(41)64-57(43)45/h1-8,10-20,22-34,39,48H,9,21H2. The monoisotopic (exact) mass is 822 g/mol. The highest BCUT2D eigenvalue weighted by Crippen LogP contribution is 2.50. The number of rotatable bonds is 5. The molecule has 7 aromatic carbocycles. The molecule has 11 aromatic rings. The molecule has 2 aliphatic carbocycles. The van der Waals surface area contributed by atoms with E-state index in [0.717, 1.165) is 102 Å². The second kappa shape index (κ2) is 13.6. The average molecular weight is 823 g/mol. The smallest absolute Gasteiger partial charge is 0.164 e. The van der Waals surface area contributed by atoms with E-state index < -0.39 is 0 Å². The SMILES string of the molecule is C1=CC2c3cc(-c4ccc5c(c4)c4nc(-c6cccc7c8c(oc67)C=CCC8)nc(-c6cccc7c6oc6ccccc67)c4n5-c4ccccc4)ccc3N(c3ccccc3)C2C=C1. The van der Waals surface area contributed by atoms with Gasteiger partial charge in [-0.2, -0.15) is 0 Å². The number of fused-ring (bicyclic) bond motifs is 12. The Bertz CT molecular complexity index is 3810. The van der Waals surface area contributed by atoms with Crippen LogP contribution in [-0.2, 0) is 6.42 Å². The van der Waals surface area contributed by atoms with Gasteiger partial charge in [0.1, 0.15) is 33.7 Å². The van der Waals surface area contributed by atoms with Crippen molar-refractivity contribution in [1.82, 2.24) is 14.5 Å². The number of aromatic nitrogens is 3. The third kappa shape index (κ3) is 5.14. The van der Waals surface area contributed by atoms with Gasteiger partial charge in [-0.05, 0) is 102 Å². The molecule has 0 saturated heterocycles. The molecule has 0 bridgehead atoms. The van der Waals surface area contributed by atoms with Crippen molar-refractivity contribution in [3.05, 3.63) is 205 Å². The molecule has 1 aliphatic heterocycles. The minimum atomic E-state index is 0.217. The first-order chi connectivity index (χ1) is 31.7. The number of hydrogen-bond donors (Lipinski definition) is 0. The predicted octanol–water partition coefficient (Wildman–Crippen LogP) is 14.9. The van der Waals surface area contributed by atoms with Gasteiger partial charge >= 0.3 is 0 Å². The van der Waals surface area contributed by atoms with Gasteiger partial charge in [0.2, 0.25) is 0 Å². The summed E-state index contributed by atoms with van der Waals surface area (Å²) in [4.78, 5) is 13.7. The summed E-state index contributed by atoms with van der Waals surface area (Å²) in [5.74, 6) is 1.77. The molecule has 0 radical (unpaired) electrons. The summed E-state index contributed by atoms with van der Waals surface area (Å²) < 4.78 is 15.8. The molecule has 64 heavy (non-hydrogen) atoms. The van der Waals surface area contributed by atoms with E-state index in [1.807, 2.05) is 12.1 Å². The van der Waals surface area contributed by atoms with Crippen LogP contribution >= 0.6 is 0 Å². The highest BCUT2D eigenvalue weighted by Gasteiger charge is 2.37. The van der Waals surface area contributed by atoms with Crippen molar-refractivity contribution < 1.29 is 8.83 Å². The molecule has 4 aromatic heterocycles. The van der Waals surface area contributed by atoms with E-state index in [1.165, 1.54) is 28.1 Å². The van der Waals surface area contributed by atoms with Crippen LogP contribution in [0.25, 0.3) is 100 Å². The van der Waals surface area contributed by atoms with E-state index in [4.69, 9.17) is 18.8 Å². The van der Waals surface area contributed by atoms with Gasteiger partial charge in [-0.15, -0.1) is 0 Å². The molecule has 0 fully saturated rings. The summed E-state index contributed by atoms with van der Waals surface area (Å²) in [5, 5.41) is 4.27. The Morgan fingerprint density at radius 3 is 2.20 bits per heavy atom. The molecule has 5 heterocycles.